The van der Waals surface area contributed by atoms with Gasteiger partial charge < -0.3 is 0 Å². The number of allylic oxidation sites excluding steroid dienone is 6. The SMILES string of the molecule is C1=CC2=C3C[C@H](C2=C1)c1nonc13. The summed E-state index contributed by atoms with van der Waals surface area (Å²) in [4.78, 5) is 0. The Hall–Kier alpha value is -1.64. The Morgan fingerprint density at radius 3 is 3.38 bits per heavy atom. The van der Waals surface area contributed by atoms with Crippen molar-refractivity contribution in [3.8, 4) is 0 Å². The fourth-order valence-corrected chi connectivity index (χ4v) is 2.54. The summed E-state index contributed by atoms with van der Waals surface area (Å²) < 4.78 is 4.75. The third kappa shape index (κ3) is 0.492. The Morgan fingerprint density at radius 2 is 2.38 bits per heavy atom. The first-order valence-electron chi connectivity index (χ1n) is 4.40. The van der Waals surface area contributed by atoms with Gasteiger partial charge in [-0.15, -0.1) is 0 Å². The summed E-state index contributed by atoms with van der Waals surface area (Å²) in [5.74, 6) is 0.432. The highest BCUT2D eigenvalue weighted by Crippen LogP contribution is 2.55. The second kappa shape index (κ2) is 1.66. The second-order valence-corrected chi connectivity index (χ2v) is 3.63. The molecule has 4 rings (SSSR count). The summed E-state index contributed by atoms with van der Waals surface area (Å²) in [5, 5.41) is 7.89. The molecule has 0 saturated carbocycles. The summed E-state index contributed by atoms with van der Waals surface area (Å²) in [7, 11) is 0. The molecule has 3 heteroatoms. The monoisotopic (exact) mass is 170 g/mol. The Morgan fingerprint density at radius 1 is 1.38 bits per heavy atom. The Bertz CT molecular complexity index is 505. The van der Waals surface area contributed by atoms with Crippen molar-refractivity contribution in [1.29, 1.82) is 0 Å². The Balaban J connectivity index is 2.15. The maximum atomic E-state index is 4.75. The Kier molecular flexibility index (Phi) is 0.757. The molecule has 0 aliphatic heterocycles. The molecule has 0 N–H and O–H groups in total. The van der Waals surface area contributed by atoms with Crippen molar-refractivity contribution in [3.63, 3.8) is 0 Å². The summed E-state index contributed by atoms with van der Waals surface area (Å²) in [6, 6.07) is 0. The molecular weight excluding hydrogens is 164 g/mol. The van der Waals surface area contributed by atoms with Crippen molar-refractivity contribution < 1.29 is 4.63 Å². The summed E-state index contributed by atoms with van der Waals surface area (Å²) in [6.07, 6.45) is 7.50. The molecule has 1 atom stereocenters. The van der Waals surface area contributed by atoms with E-state index in [9.17, 15) is 0 Å². The van der Waals surface area contributed by atoms with Gasteiger partial charge in [0, 0.05) is 5.92 Å². The van der Waals surface area contributed by atoms with Crippen LogP contribution in [0.1, 0.15) is 23.7 Å². The van der Waals surface area contributed by atoms with Crippen molar-refractivity contribution in [1.82, 2.24) is 10.3 Å². The van der Waals surface area contributed by atoms with E-state index in [1.54, 1.807) is 0 Å². The largest absolute Gasteiger partial charge is 0.244 e. The van der Waals surface area contributed by atoms with Crippen molar-refractivity contribution >= 4 is 5.57 Å². The van der Waals surface area contributed by atoms with Gasteiger partial charge in [0.15, 0.2) is 0 Å². The van der Waals surface area contributed by atoms with Crippen LogP contribution >= 0.6 is 0 Å². The third-order valence-corrected chi connectivity index (χ3v) is 3.09. The Labute approximate surface area is 74.4 Å². The summed E-state index contributed by atoms with van der Waals surface area (Å²) >= 11 is 0. The van der Waals surface area contributed by atoms with Crippen LogP contribution in [0.15, 0.2) is 34.0 Å². The van der Waals surface area contributed by atoms with Crippen LogP contribution in [0, 0.1) is 0 Å². The van der Waals surface area contributed by atoms with E-state index in [-0.39, 0.29) is 0 Å². The van der Waals surface area contributed by atoms with Crippen LogP contribution in [0.3, 0.4) is 0 Å². The molecule has 0 spiro atoms. The average molecular weight is 170 g/mol. The maximum Gasteiger partial charge on any atom is 0.135 e. The molecule has 1 heterocycles. The minimum atomic E-state index is 0.432. The van der Waals surface area contributed by atoms with Gasteiger partial charge in [-0.1, -0.05) is 23.4 Å². The average Bonchev–Trinajstić information content (AvgIpc) is 2.81. The van der Waals surface area contributed by atoms with Gasteiger partial charge in [0.1, 0.15) is 11.4 Å². The molecular formula is C10H6N2O. The molecule has 0 radical (unpaired) electrons. The van der Waals surface area contributed by atoms with Crippen molar-refractivity contribution in [2.75, 3.05) is 0 Å². The molecule has 62 valence electrons. The van der Waals surface area contributed by atoms with Crippen molar-refractivity contribution in [3.05, 3.63) is 40.8 Å². The number of rotatable bonds is 0. The molecule has 0 aromatic carbocycles. The lowest BCUT2D eigenvalue weighted by Gasteiger charge is -2.07. The molecule has 1 aromatic rings. The van der Waals surface area contributed by atoms with E-state index in [1.807, 2.05) is 0 Å². The van der Waals surface area contributed by atoms with E-state index in [4.69, 9.17) is 4.63 Å². The highest BCUT2D eigenvalue weighted by molar-refractivity contribution is 5.86. The highest BCUT2D eigenvalue weighted by atomic mass is 16.6. The lowest BCUT2D eigenvalue weighted by Crippen LogP contribution is -1.98. The molecule has 3 aliphatic carbocycles. The predicted molar refractivity (Wildman–Crippen MR) is 45.8 cm³/mol. The molecule has 0 fully saturated rings. The van der Waals surface area contributed by atoms with Gasteiger partial charge in [0.25, 0.3) is 0 Å². The number of fused-ring (bicyclic) bond motifs is 7. The number of hydrogen-bond acceptors (Lipinski definition) is 3. The molecule has 2 bridgehead atoms. The lowest BCUT2D eigenvalue weighted by atomic mass is 9.95. The van der Waals surface area contributed by atoms with Crippen LogP contribution < -0.4 is 0 Å². The minimum absolute atomic E-state index is 0.432. The first-order valence-corrected chi connectivity index (χ1v) is 4.40. The standard InChI is InChI=1S/C10H6N2O/c1-2-5-6(3-1)8-4-7(5)9-10(8)12-13-11-9/h1-3,7H,4H2/t7-/m1/s1. The third-order valence-electron chi connectivity index (χ3n) is 3.09. The first kappa shape index (κ1) is 5.91. The summed E-state index contributed by atoms with van der Waals surface area (Å²) in [6.45, 7) is 0. The van der Waals surface area contributed by atoms with Gasteiger partial charge >= 0.3 is 0 Å². The maximum absolute atomic E-state index is 4.75. The lowest BCUT2D eigenvalue weighted by molar-refractivity contribution is 0.300. The van der Waals surface area contributed by atoms with Crippen LogP contribution in [-0.2, 0) is 0 Å². The van der Waals surface area contributed by atoms with Crippen LogP contribution in [0.25, 0.3) is 5.57 Å². The molecule has 1 aromatic heterocycles. The predicted octanol–water partition coefficient (Wildman–Crippen LogP) is 1.82. The zero-order chi connectivity index (χ0) is 8.41. The summed E-state index contributed by atoms with van der Waals surface area (Å²) in [5.41, 5.74) is 6.10. The molecule has 0 saturated heterocycles. The van der Waals surface area contributed by atoms with Crippen LogP contribution in [-0.4, -0.2) is 10.3 Å². The van der Waals surface area contributed by atoms with Gasteiger partial charge in [0.2, 0.25) is 0 Å². The van der Waals surface area contributed by atoms with Crippen molar-refractivity contribution in [2.24, 2.45) is 0 Å². The minimum Gasteiger partial charge on any atom is -0.244 e. The van der Waals surface area contributed by atoms with Crippen LogP contribution in [0.4, 0.5) is 0 Å². The van der Waals surface area contributed by atoms with Gasteiger partial charge in [-0.2, -0.15) is 0 Å². The van der Waals surface area contributed by atoms with E-state index in [0.29, 0.717) is 5.92 Å². The van der Waals surface area contributed by atoms with Crippen LogP contribution in [0.5, 0.6) is 0 Å². The molecule has 3 nitrogen and oxygen atoms in total. The molecule has 3 aliphatic rings. The zero-order valence-electron chi connectivity index (χ0n) is 6.82. The van der Waals surface area contributed by atoms with Gasteiger partial charge in [-0.3, -0.25) is 0 Å². The smallest absolute Gasteiger partial charge is 0.135 e. The fourth-order valence-electron chi connectivity index (χ4n) is 2.54. The van der Waals surface area contributed by atoms with Gasteiger partial charge in [0.05, 0.1) is 0 Å². The van der Waals surface area contributed by atoms with E-state index in [0.717, 1.165) is 17.8 Å². The topological polar surface area (TPSA) is 38.9 Å². The number of hydrogen-bond donors (Lipinski definition) is 0. The van der Waals surface area contributed by atoms with E-state index in [1.165, 1.54) is 16.7 Å². The van der Waals surface area contributed by atoms with E-state index < -0.39 is 0 Å². The molecule has 0 unspecified atom stereocenters. The molecule has 0 amide bonds. The molecule has 13 heavy (non-hydrogen) atoms. The van der Waals surface area contributed by atoms with Gasteiger partial charge in [-0.05, 0) is 28.3 Å². The first-order chi connectivity index (χ1) is 6.45. The number of nitrogens with zero attached hydrogens (tertiary/aromatic N) is 2. The van der Waals surface area contributed by atoms with E-state index in [2.05, 4.69) is 28.5 Å². The van der Waals surface area contributed by atoms with Crippen molar-refractivity contribution in [2.45, 2.75) is 12.3 Å². The number of aromatic nitrogens is 2. The normalized spacial score (nSPS) is 26.8. The van der Waals surface area contributed by atoms with Gasteiger partial charge in [-0.25, -0.2) is 4.63 Å². The van der Waals surface area contributed by atoms with E-state index >= 15 is 0 Å². The highest BCUT2D eigenvalue weighted by Gasteiger charge is 2.43. The second-order valence-electron chi connectivity index (χ2n) is 3.63. The zero-order valence-corrected chi connectivity index (χ0v) is 6.82. The van der Waals surface area contributed by atoms with Crippen LogP contribution in [0.2, 0.25) is 0 Å². The fraction of sp³-hybridized carbons (Fsp3) is 0.200. The quantitative estimate of drug-likeness (QED) is 0.596.